The molecular formula is C25H27N7O4. The fourth-order valence-electron chi connectivity index (χ4n) is 6.81. The summed E-state index contributed by atoms with van der Waals surface area (Å²) in [6.45, 7) is 0. The van der Waals surface area contributed by atoms with E-state index < -0.39 is 10.8 Å². The molecule has 11 heteroatoms. The second-order valence-corrected chi connectivity index (χ2v) is 10.6. The van der Waals surface area contributed by atoms with Crippen molar-refractivity contribution in [2.75, 3.05) is 10.6 Å². The number of nitrogens with zero attached hydrogens (tertiary/aromatic N) is 5. The number of carbonyl (C=O) groups excluding carboxylic acids is 2. The van der Waals surface area contributed by atoms with Crippen molar-refractivity contribution in [3.05, 3.63) is 64.2 Å². The number of aromatic nitrogens is 4. The van der Waals surface area contributed by atoms with Gasteiger partial charge in [0.25, 0.3) is 11.8 Å². The zero-order chi connectivity index (χ0) is 25.0. The SMILES string of the molecule is Cn1ccc(C(=O)Nc2ccc(NC(=O)c3nn(C45CC6CC(CC(C6)C4)C5)cc3[N+](=O)[O-])cc2)n1. The molecule has 0 unspecified atom stereocenters. The van der Waals surface area contributed by atoms with Crippen LogP contribution in [-0.2, 0) is 12.6 Å². The second kappa shape index (κ2) is 8.28. The molecule has 4 aliphatic rings. The average molecular weight is 490 g/mol. The van der Waals surface area contributed by atoms with Crippen molar-refractivity contribution < 1.29 is 14.5 Å². The van der Waals surface area contributed by atoms with Crippen molar-refractivity contribution in [3.63, 3.8) is 0 Å². The Morgan fingerprint density at radius 1 is 0.944 bits per heavy atom. The van der Waals surface area contributed by atoms with Crippen molar-refractivity contribution in [2.24, 2.45) is 24.8 Å². The molecule has 0 aliphatic heterocycles. The number of amides is 2. The molecule has 1 aromatic carbocycles. The van der Waals surface area contributed by atoms with E-state index in [-0.39, 0.29) is 28.5 Å². The molecule has 4 saturated carbocycles. The molecule has 7 rings (SSSR count). The molecule has 0 spiro atoms. The number of anilines is 2. The number of hydrogen-bond donors (Lipinski definition) is 2. The van der Waals surface area contributed by atoms with Crippen LogP contribution in [0.15, 0.2) is 42.7 Å². The maximum absolute atomic E-state index is 13.1. The van der Waals surface area contributed by atoms with Crippen LogP contribution in [0.1, 0.15) is 59.5 Å². The first kappa shape index (κ1) is 22.4. The lowest BCUT2D eigenvalue weighted by Gasteiger charge is -2.56. The van der Waals surface area contributed by atoms with Gasteiger partial charge in [-0.05, 0) is 86.6 Å². The van der Waals surface area contributed by atoms with Crippen LogP contribution in [0.25, 0.3) is 0 Å². The summed E-state index contributed by atoms with van der Waals surface area (Å²) >= 11 is 0. The topological polar surface area (TPSA) is 137 Å². The zero-order valence-corrected chi connectivity index (χ0v) is 19.9. The summed E-state index contributed by atoms with van der Waals surface area (Å²) in [5.74, 6) is 0.962. The highest BCUT2D eigenvalue weighted by Gasteiger charge is 2.53. The molecule has 2 N–H and O–H groups in total. The Morgan fingerprint density at radius 3 is 2.00 bits per heavy atom. The molecule has 0 radical (unpaired) electrons. The highest BCUT2D eigenvalue weighted by molar-refractivity contribution is 6.06. The van der Waals surface area contributed by atoms with Gasteiger partial charge in [0.2, 0.25) is 5.69 Å². The summed E-state index contributed by atoms with van der Waals surface area (Å²) in [5, 5.41) is 25.8. The first-order valence-electron chi connectivity index (χ1n) is 12.2. The highest BCUT2D eigenvalue weighted by atomic mass is 16.6. The van der Waals surface area contributed by atoms with E-state index in [1.807, 2.05) is 0 Å². The number of rotatable bonds is 6. The van der Waals surface area contributed by atoms with Gasteiger partial charge in [0.1, 0.15) is 6.20 Å². The normalized spacial score (nSPS) is 26.1. The van der Waals surface area contributed by atoms with E-state index in [0.29, 0.717) is 29.1 Å². The van der Waals surface area contributed by atoms with Gasteiger partial charge in [0, 0.05) is 24.6 Å². The number of hydrogen-bond acceptors (Lipinski definition) is 6. The van der Waals surface area contributed by atoms with Gasteiger partial charge in [-0.25, -0.2) is 0 Å². The number of nitro groups is 1. The van der Waals surface area contributed by atoms with Crippen molar-refractivity contribution in [3.8, 4) is 0 Å². The Morgan fingerprint density at radius 2 is 1.50 bits per heavy atom. The molecule has 2 aromatic heterocycles. The van der Waals surface area contributed by atoms with Crippen molar-refractivity contribution in [1.82, 2.24) is 19.6 Å². The van der Waals surface area contributed by atoms with Crippen molar-refractivity contribution in [2.45, 2.75) is 44.1 Å². The minimum atomic E-state index is -0.629. The monoisotopic (exact) mass is 489 g/mol. The maximum atomic E-state index is 13.1. The van der Waals surface area contributed by atoms with Gasteiger partial charge in [-0.1, -0.05) is 0 Å². The summed E-state index contributed by atoms with van der Waals surface area (Å²) < 4.78 is 3.28. The number of nitrogens with one attached hydrogen (secondary N) is 2. The Labute approximate surface area is 207 Å². The maximum Gasteiger partial charge on any atom is 0.320 e. The fourth-order valence-corrected chi connectivity index (χ4v) is 6.81. The van der Waals surface area contributed by atoms with Crippen LogP contribution in [0, 0.1) is 27.9 Å². The first-order chi connectivity index (χ1) is 17.3. The third kappa shape index (κ3) is 3.94. The summed E-state index contributed by atoms with van der Waals surface area (Å²) in [7, 11) is 1.73. The average Bonchev–Trinajstić information content (AvgIpc) is 3.47. The van der Waals surface area contributed by atoms with Gasteiger partial charge in [-0.3, -0.25) is 29.1 Å². The standard InChI is InChI=1S/C25H27N7O4/c1-30-7-6-20(28-30)23(33)26-18-2-4-19(5-3-18)27-24(34)22-21(32(35)36)14-31(29-22)25-11-15-8-16(12-25)10-17(9-15)13-25/h2-7,14-17H,8-13H2,1H3,(H,26,33)(H,27,34). The van der Waals surface area contributed by atoms with E-state index >= 15 is 0 Å². The minimum Gasteiger partial charge on any atom is -0.321 e. The lowest BCUT2D eigenvalue weighted by atomic mass is 9.53. The molecule has 4 fully saturated rings. The molecule has 2 amide bonds. The smallest absolute Gasteiger partial charge is 0.320 e. The molecule has 36 heavy (non-hydrogen) atoms. The minimum absolute atomic E-state index is 0.178. The summed E-state index contributed by atoms with van der Waals surface area (Å²) in [5.41, 5.74) is 0.587. The van der Waals surface area contributed by atoms with Crippen molar-refractivity contribution in [1.29, 1.82) is 0 Å². The lowest BCUT2D eigenvalue weighted by molar-refractivity contribution is -0.385. The van der Waals surface area contributed by atoms with Gasteiger partial charge in [0.05, 0.1) is 10.5 Å². The fraction of sp³-hybridized carbons (Fsp3) is 0.440. The third-order valence-electron chi connectivity index (χ3n) is 7.95. The van der Waals surface area contributed by atoms with Crippen LogP contribution >= 0.6 is 0 Å². The van der Waals surface area contributed by atoms with Crippen LogP contribution in [0.5, 0.6) is 0 Å². The Hall–Kier alpha value is -4.02. The quantitative estimate of drug-likeness (QED) is 0.397. The Kier molecular flexibility index (Phi) is 5.16. The van der Waals surface area contributed by atoms with Gasteiger partial charge in [-0.15, -0.1) is 0 Å². The van der Waals surface area contributed by atoms with Crippen LogP contribution in [0.2, 0.25) is 0 Å². The van der Waals surface area contributed by atoms with Crippen LogP contribution in [-0.4, -0.2) is 36.3 Å². The molecular weight excluding hydrogens is 462 g/mol. The summed E-state index contributed by atoms with van der Waals surface area (Å²) in [4.78, 5) is 36.6. The predicted molar refractivity (Wildman–Crippen MR) is 131 cm³/mol. The van der Waals surface area contributed by atoms with Crippen molar-refractivity contribution >= 4 is 28.9 Å². The number of benzene rings is 1. The van der Waals surface area contributed by atoms with E-state index in [0.717, 1.165) is 19.3 Å². The Bertz CT molecular complexity index is 1320. The van der Waals surface area contributed by atoms with Crippen LogP contribution in [0.4, 0.5) is 17.1 Å². The molecule has 11 nitrogen and oxygen atoms in total. The summed E-state index contributed by atoms with van der Waals surface area (Å²) in [6, 6.07) is 8.12. The predicted octanol–water partition coefficient (Wildman–Crippen LogP) is 3.95. The van der Waals surface area contributed by atoms with E-state index in [1.165, 1.54) is 30.1 Å². The van der Waals surface area contributed by atoms with Crippen LogP contribution in [0.3, 0.4) is 0 Å². The molecule has 2 heterocycles. The van der Waals surface area contributed by atoms with E-state index in [9.17, 15) is 19.7 Å². The molecule has 0 saturated heterocycles. The van der Waals surface area contributed by atoms with E-state index in [4.69, 9.17) is 0 Å². The molecule has 3 aromatic rings. The lowest BCUT2D eigenvalue weighted by Crippen LogP contribution is -2.52. The largest absolute Gasteiger partial charge is 0.321 e. The second-order valence-electron chi connectivity index (χ2n) is 10.6. The first-order valence-corrected chi connectivity index (χ1v) is 12.2. The molecule has 186 valence electrons. The van der Waals surface area contributed by atoms with E-state index in [2.05, 4.69) is 20.8 Å². The number of aryl methyl sites for hydroxylation is 1. The van der Waals surface area contributed by atoms with Gasteiger partial charge in [0.15, 0.2) is 5.69 Å². The third-order valence-corrected chi connectivity index (χ3v) is 7.95. The molecule has 4 aliphatic carbocycles. The Balaban J connectivity index is 1.19. The van der Waals surface area contributed by atoms with Crippen LogP contribution < -0.4 is 10.6 Å². The van der Waals surface area contributed by atoms with Gasteiger partial charge >= 0.3 is 5.69 Å². The van der Waals surface area contributed by atoms with Gasteiger partial charge < -0.3 is 10.6 Å². The van der Waals surface area contributed by atoms with Gasteiger partial charge in [-0.2, -0.15) is 10.2 Å². The zero-order valence-electron chi connectivity index (χ0n) is 19.9. The highest BCUT2D eigenvalue weighted by Crippen LogP contribution is 2.58. The summed E-state index contributed by atoms with van der Waals surface area (Å²) in [6.07, 6.45) is 9.80. The molecule has 4 bridgehead atoms. The number of carbonyl (C=O) groups is 2. The van der Waals surface area contributed by atoms with E-state index in [1.54, 1.807) is 48.3 Å². The molecule has 0 atom stereocenters.